The van der Waals surface area contributed by atoms with E-state index in [1.807, 2.05) is 6.20 Å². The molecule has 19 heavy (non-hydrogen) atoms. The van der Waals surface area contributed by atoms with Crippen LogP contribution in [0.15, 0.2) is 26.6 Å². The lowest BCUT2D eigenvalue weighted by Crippen LogP contribution is -2.25. The number of thiophene rings is 1. The number of nitrogens with one attached hydrogen (secondary N) is 1. The molecule has 0 saturated heterocycles. The van der Waals surface area contributed by atoms with E-state index < -0.39 is 0 Å². The maximum atomic E-state index is 4.38. The minimum Gasteiger partial charge on any atom is -0.304 e. The molecule has 2 aromatic heterocycles. The van der Waals surface area contributed by atoms with Gasteiger partial charge in [0.15, 0.2) is 0 Å². The van der Waals surface area contributed by atoms with E-state index in [0.29, 0.717) is 0 Å². The van der Waals surface area contributed by atoms with Crippen LogP contribution in [-0.4, -0.2) is 16.3 Å². The predicted octanol–water partition coefficient (Wildman–Crippen LogP) is 4.58. The van der Waals surface area contributed by atoms with Crippen molar-refractivity contribution in [1.29, 1.82) is 0 Å². The highest BCUT2D eigenvalue weighted by atomic mass is 79.9. The van der Waals surface area contributed by atoms with E-state index in [1.54, 1.807) is 11.3 Å². The van der Waals surface area contributed by atoms with Crippen molar-refractivity contribution < 1.29 is 0 Å². The first-order chi connectivity index (χ1) is 9.17. The molecule has 2 aromatic rings. The van der Waals surface area contributed by atoms with Crippen LogP contribution in [0, 0.1) is 0 Å². The molecule has 0 spiro atoms. The number of aryl methyl sites for hydroxylation is 1. The first kappa shape index (κ1) is 15.2. The first-order valence-electron chi connectivity index (χ1n) is 6.37. The van der Waals surface area contributed by atoms with Crippen molar-refractivity contribution in [3.63, 3.8) is 0 Å². The second-order valence-corrected chi connectivity index (χ2v) is 7.49. The molecule has 0 fully saturated rings. The molecule has 0 amide bonds. The normalized spacial score (nSPS) is 12.8. The third kappa shape index (κ3) is 3.48. The second-order valence-electron chi connectivity index (χ2n) is 4.23. The average molecular weight is 407 g/mol. The standard InChI is InChI=1S/C13H17Br2N3S/c1-3-6-16-12(10-5-7-17-18(10)4-2)11-8-9(14)13(15)19-11/h5,7-8,12,16H,3-4,6H2,1-2H3. The molecule has 0 aliphatic carbocycles. The van der Waals surface area contributed by atoms with E-state index in [2.05, 4.69) is 72.9 Å². The lowest BCUT2D eigenvalue weighted by atomic mass is 10.1. The van der Waals surface area contributed by atoms with Crippen LogP contribution in [-0.2, 0) is 6.54 Å². The van der Waals surface area contributed by atoms with Crippen molar-refractivity contribution in [3.05, 3.63) is 37.2 Å². The first-order valence-corrected chi connectivity index (χ1v) is 8.77. The summed E-state index contributed by atoms with van der Waals surface area (Å²) in [6.45, 7) is 6.18. The largest absolute Gasteiger partial charge is 0.304 e. The number of hydrogen-bond donors (Lipinski definition) is 1. The van der Waals surface area contributed by atoms with Crippen LogP contribution in [0.2, 0.25) is 0 Å². The lowest BCUT2D eigenvalue weighted by Gasteiger charge is -2.18. The summed E-state index contributed by atoms with van der Waals surface area (Å²) in [4.78, 5) is 1.29. The molecule has 1 unspecified atom stereocenters. The Bertz CT molecular complexity index is 516. The summed E-state index contributed by atoms with van der Waals surface area (Å²) in [6.07, 6.45) is 2.99. The summed E-state index contributed by atoms with van der Waals surface area (Å²) < 4.78 is 4.29. The minimum atomic E-state index is 0.204. The number of hydrogen-bond acceptors (Lipinski definition) is 3. The molecule has 3 nitrogen and oxygen atoms in total. The molecule has 6 heteroatoms. The number of nitrogens with zero attached hydrogens (tertiary/aromatic N) is 2. The van der Waals surface area contributed by atoms with Gasteiger partial charge in [0.2, 0.25) is 0 Å². The van der Waals surface area contributed by atoms with Gasteiger partial charge in [-0.15, -0.1) is 11.3 Å². The maximum Gasteiger partial charge on any atom is 0.0843 e. The van der Waals surface area contributed by atoms with Crippen molar-refractivity contribution in [1.82, 2.24) is 15.1 Å². The molecule has 0 aromatic carbocycles. The zero-order chi connectivity index (χ0) is 13.8. The van der Waals surface area contributed by atoms with Crippen LogP contribution >= 0.6 is 43.2 Å². The van der Waals surface area contributed by atoms with Gasteiger partial charge in [-0.25, -0.2) is 0 Å². The molecule has 104 valence electrons. The zero-order valence-corrected chi connectivity index (χ0v) is 15.0. The minimum absolute atomic E-state index is 0.204. The summed E-state index contributed by atoms with van der Waals surface area (Å²) in [5.41, 5.74) is 1.22. The summed E-state index contributed by atoms with van der Waals surface area (Å²) in [5.74, 6) is 0. The third-order valence-electron chi connectivity index (χ3n) is 2.89. The Balaban J connectivity index is 2.35. The number of aromatic nitrogens is 2. The number of halogens is 2. The highest BCUT2D eigenvalue weighted by Gasteiger charge is 2.20. The zero-order valence-electron chi connectivity index (χ0n) is 11.0. The Morgan fingerprint density at radius 2 is 2.21 bits per heavy atom. The van der Waals surface area contributed by atoms with Gasteiger partial charge < -0.3 is 5.32 Å². The van der Waals surface area contributed by atoms with Crippen molar-refractivity contribution in [2.24, 2.45) is 0 Å². The fraction of sp³-hybridized carbons (Fsp3) is 0.462. The Kier molecular flexibility index (Phi) is 5.62. The fourth-order valence-corrected chi connectivity index (χ4v) is 4.18. The van der Waals surface area contributed by atoms with Crippen LogP contribution in [0.1, 0.15) is 36.9 Å². The summed E-state index contributed by atoms with van der Waals surface area (Å²) >= 11 is 8.89. The Morgan fingerprint density at radius 3 is 2.79 bits per heavy atom. The quantitative estimate of drug-likeness (QED) is 0.760. The molecule has 2 rings (SSSR count). The van der Waals surface area contributed by atoms with Gasteiger partial charge >= 0.3 is 0 Å². The smallest absolute Gasteiger partial charge is 0.0843 e. The van der Waals surface area contributed by atoms with Crippen LogP contribution in [0.5, 0.6) is 0 Å². The molecule has 0 bridgehead atoms. The van der Waals surface area contributed by atoms with Crippen molar-refractivity contribution in [2.75, 3.05) is 6.54 Å². The molecule has 0 radical (unpaired) electrons. The highest BCUT2D eigenvalue weighted by Crippen LogP contribution is 2.37. The summed E-state index contributed by atoms with van der Waals surface area (Å²) in [7, 11) is 0. The topological polar surface area (TPSA) is 29.9 Å². The molecular weight excluding hydrogens is 390 g/mol. The predicted molar refractivity (Wildman–Crippen MR) is 87.8 cm³/mol. The van der Waals surface area contributed by atoms with Crippen molar-refractivity contribution in [2.45, 2.75) is 32.9 Å². The van der Waals surface area contributed by atoms with Crippen LogP contribution < -0.4 is 5.32 Å². The highest BCUT2D eigenvalue weighted by molar-refractivity contribution is 9.13. The van der Waals surface area contributed by atoms with E-state index in [0.717, 1.165) is 27.8 Å². The Labute approximate surface area is 134 Å². The molecule has 1 N–H and O–H groups in total. The molecule has 0 saturated carbocycles. The van der Waals surface area contributed by atoms with Crippen LogP contribution in [0.3, 0.4) is 0 Å². The summed E-state index contributed by atoms with van der Waals surface area (Å²) in [5, 5.41) is 7.99. The molecule has 0 aliphatic rings. The van der Waals surface area contributed by atoms with Crippen molar-refractivity contribution >= 4 is 43.2 Å². The monoisotopic (exact) mass is 405 g/mol. The van der Waals surface area contributed by atoms with E-state index >= 15 is 0 Å². The molecular formula is C13H17Br2N3S. The van der Waals surface area contributed by atoms with Gasteiger partial charge in [0.25, 0.3) is 0 Å². The van der Waals surface area contributed by atoms with Gasteiger partial charge in [0, 0.05) is 22.1 Å². The SMILES string of the molecule is CCCNC(c1cc(Br)c(Br)s1)c1ccnn1CC. The Hall–Kier alpha value is -0.170. The van der Waals surface area contributed by atoms with Gasteiger partial charge in [0.1, 0.15) is 0 Å². The van der Waals surface area contributed by atoms with Gasteiger partial charge in [-0.1, -0.05) is 6.92 Å². The molecule has 0 aliphatic heterocycles. The van der Waals surface area contributed by atoms with Gasteiger partial charge in [-0.2, -0.15) is 5.10 Å². The second kappa shape index (κ2) is 7.02. The van der Waals surface area contributed by atoms with E-state index in [4.69, 9.17) is 0 Å². The van der Waals surface area contributed by atoms with Crippen LogP contribution in [0.4, 0.5) is 0 Å². The van der Waals surface area contributed by atoms with Crippen molar-refractivity contribution in [3.8, 4) is 0 Å². The van der Waals surface area contributed by atoms with Gasteiger partial charge in [-0.05, 0) is 63.9 Å². The molecule has 2 heterocycles. The summed E-state index contributed by atoms with van der Waals surface area (Å²) in [6, 6.07) is 4.47. The molecule has 1 atom stereocenters. The van der Waals surface area contributed by atoms with Gasteiger partial charge in [-0.3, -0.25) is 4.68 Å². The van der Waals surface area contributed by atoms with Gasteiger partial charge in [0.05, 0.1) is 15.5 Å². The van der Waals surface area contributed by atoms with Crippen LogP contribution in [0.25, 0.3) is 0 Å². The third-order valence-corrected chi connectivity index (χ3v) is 6.21. The fourth-order valence-electron chi connectivity index (χ4n) is 2.00. The number of rotatable bonds is 6. The maximum absolute atomic E-state index is 4.38. The van der Waals surface area contributed by atoms with E-state index in [9.17, 15) is 0 Å². The average Bonchev–Trinajstić information content (AvgIpc) is 2.98. The Morgan fingerprint density at radius 1 is 1.42 bits per heavy atom. The van der Waals surface area contributed by atoms with E-state index in [1.165, 1.54) is 10.6 Å². The van der Waals surface area contributed by atoms with E-state index in [-0.39, 0.29) is 6.04 Å². The lowest BCUT2D eigenvalue weighted by molar-refractivity contribution is 0.534.